The molecule has 5 aliphatic heterocycles. The summed E-state index contributed by atoms with van der Waals surface area (Å²) < 4.78 is 49.1. The fourth-order valence-corrected chi connectivity index (χ4v) is 11.6. The molecule has 0 spiro atoms. The minimum absolute atomic E-state index is 0.0264. The Hall–Kier alpha value is -2.66. The molecule has 0 aromatic rings. The number of cyclic esters (lactones) is 2. The lowest BCUT2D eigenvalue weighted by atomic mass is 9.76. The highest BCUT2D eigenvalue weighted by Gasteiger charge is 2.54. The minimum atomic E-state index is -1.88. The second-order valence-electron chi connectivity index (χ2n) is 21.7. The number of aliphatic hydroxyl groups is 8. The van der Waals surface area contributed by atoms with E-state index in [4.69, 9.17) is 37.9 Å². The molecular formula is C54H88O18. The van der Waals surface area contributed by atoms with Crippen LogP contribution in [0.5, 0.6) is 0 Å². The monoisotopic (exact) mass is 1020 g/mol. The highest BCUT2D eigenvalue weighted by atomic mass is 16.7. The van der Waals surface area contributed by atoms with Crippen molar-refractivity contribution in [1.29, 1.82) is 0 Å². The van der Waals surface area contributed by atoms with Gasteiger partial charge in [-0.3, -0.25) is 0 Å². The molecule has 18 heteroatoms. The standard InChI is InChI=1S/C54H88O18/c1-13-37-33(9)71-53(63,25-41(37)67-45-23-39(55)49(61)35(11)65-45)31(7)47(59)29(5)51-27(3)19-15-17-22-44(58)70-52(28(4)20-16-18-21-43(57)69-51)30(6)48(60)32(8)54(64)26-42(38(14-2)34(10)72-54)68-46-24-40(56)50(62)36(12)66-46/h15-22,27-42,45-52,55-56,59-64H,13-14,23-26H2,1-12H3/b19-15-,20-16+,21-18+,22-17+/t27-,28+,29+,30+,31+,32+,33-,34-,35+,36+,37-,38-,39-,40-,41-,42-,45+,46+,47-,48-,49-,50-,51+,52+,53-,54-/m1/s1. The van der Waals surface area contributed by atoms with E-state index < -0.39 is 157 Å². The normalized spacial score (nSPS) is 46.1. The van der Waals surface area contributed by atoms with Gasteiger partial charge in [0.1, 0.15) is 24.4 Å². The lowest BCUT2D eigenvalue weighted by Gasteiger charge is -2.50. The van der Waals surface area contributed by atoms with Crippen molar-refractivity contribution >= 4 is 11.9 Å². The predicted molar refractivity (Wildman–Crippen MR) is 263 cm³/mol. The maximum Gasteiger partial charge on any atom is 0.331 e. The lowest BCUT2D eigenvalue weighted by molar-refractivity contribution is -0.345. The number of hydrogen-bond acceptors (Lipinski definition) is 18. The van der Waals surface area contributed by atoms with Crippen LogP contribution in [0.2, 0.25) is 0 Å². The van der Waals surface area contributed by atoms with Crippen LogP contribution in [0.3, 0.4) is 0 Å². The Morgan fingerprint density at radius 3 is 1.25 bits per heavy atom. The lowest BCUT2D eigenvalue weighted by Crippen LogP contribution is -2.59. The van der Waals surface area contributed by atoms with E-state index in [1.165, 1.54) is 24.3 Å². The molecule has 0 aromatic heterocycles. The van der Waals surface area contributed by atoms with Crippen LogP contribution in [0.15, 0.2) is 48.6 Å². The quantitative estimate of drug-likeness (QED) is 0.114. The summed E-state index contributed by atoms with van der Waals surface area (Å²) in [4.78, 5) is 27.0. The van der Waals surface area contributed by atoms with E-state index in [1.807, 2.05) is 27.7 Å². The molecule has 5 rings (SSSR count). The molecule has 0 unspecified atom stereocenters. The summed E-state index contributed by atoms with van der Waals surface area (Å²) in [6.45, 7) is 21.3. The molecule has 0 aliphatic carbocycles. The van der Waals surface area contributed by atoms with Crippen molar-refractivity contribution in [3.05, 3.63) is 48.6 Å². The van der Waals surface area contributed by atoms with Crippen molar-refractivity contribution in [3.63, 3.8) is 0 Å². The summed E-state index contributed by atoms with van der Waals surface area (Å²) in [5.74, 6) is -9.84. The Bertz CT molecular complexity index is 1710. The third kappa shape index (κ3) is 14.4. The van der Waals surface area contributed by atoms with Crippen LogP contribution in [0.25, 0.3) is 0 Å². The average Bonchev–Trinajstić information content (AvgIpc) is 3.31. The molecule has 412 valence electrons. The predicted octanol–water partition coefficient (Wildman–Crippen LogP) is 4.12. The maximum atomic E-state index is 13.5. The average molecular weight is 1030 g/mol. The topological polar surface area (TPSA) is 270 Å². The van der Waals surface area contributed by atoms with Gasteiger partial charge in [0.05, 0.1) is 61.0 Å². The van der Waals surface area contributed by atoms with E-state index in [0.29, 0.717) is 12.8 Å². The highest BCUT2D eigenvalue weighted by Crippen LogP contribution is 2.45. The third-order valence-corrected chi connectivity index (χ3v) is 16.5. The third-order valence-electron chi connectivity index (χ3n) is 16.5. The van der Waals surface area contributed by atoms with Crippen LogP contribution in [0, 0.1) is 47.3 Å². The van der Waals surface area contributed by atoms with Gasteiger partial charge in [0.25, 0.3) is 0 Å². The highest BCUT2D eigenvalue weighted by molar-refractivity contribution is 5.83. The van der Waals surface area contributed by atoms with E-state index in [0.717, 1.165) is 0 Å². The zero-order chi connectivity index (χ0) is 53.6. The first-order chi connectivity index (χ1) is 33.7. The van der Waals surface area contributed by atoms with Crippen molar-refractivity contribution in [3.8, 4) is 0 Å². The van der Waals surface area contributed by atoms with Crippen molar-refractivity contribution in [2.75, 3.05) is 0 Å². The molecule has 0 amide bonds. The van der Waals surface area contributed by atoms with E-state index in [2.05, 4.69) is 0 Å². The van der Waals surface area contributed by atoms with Gasteiger partial charge in [-0.25, -0.2) is 9.59 Å². The first-order valence-corrected chi connectivity index (χ1v) is 26.4. The Morgan fingerprint density at radius 2 is 0.931 bits per heavy atom. The second-order valence-corrected chi connectivity index (χ2v) is 21.7. The molecule has 4 saturated heterocycles. The van der Waals surface area contributed by atoms with Crippen molar-refractivity contribution in [2.24, 2.45) is 47.3 Å². The van der Waals surface area contributed by atoms with Gasteiger partial charge in [-0.15, -0.1) is 0 Å². The summed E-state index contributed by atoms with van der Waals surface area (Å²) in [6.07, 6.45) is -0.317. The fraction of sp³-hybridized carbons (Fsp3) is 0.815. The van der Waals surface area contributed by atoms with Gasteiger partial charge >= 0.3 is 11.9 Å². The van der Waals surface area contributed by atoms with Gasteiger partial charge in [-0.05, 0) is 40.5 Å². The van der Waals surface area contributed by atoms with Gasteiger partial charge in [0.2, 0.25) is 0 Å². The number of rotatable bonds is 14. The number of esters is 2. The molecule has 72 heavy (non-hydrogen) atoms. The van der Waals surface area contributed by atoms with Crippen LogP contribution in [-0.4, -0.2) is 162 Å². The Balaban J connectivity index is 1.28. The molecule has 0 bridgehead atoms. The van der Waals surface area contributed by atoms with E-state index >= 15 is 0 Å². The van der Waals surface area contributed by atoms with E-state index in [1.54, 1.807) is 79.7 Å². The van der Waals surface area contributed by atoms with Crippen LogP contribution in [-0.2, 0) is 47.5 Å². The summed E-state index contributed by atoms with van der Waals surface area (Å²) in [7, 11) is 0. The molecule has 8 N–H and O–H groups in total. The van der Waals surface area contributed by atoms with Gasteiger partial charge in [0.15, 0.2) is 24.2 Å². The summed E-state index contributed by atoms with van der Waals surface area (Å²) in [5, 5.41) is 89.6. The van der Waals surface area contributed by atoms with Gasteiger partial charge in [0, 0.05) is 85.2 Å². The first-order valence-electron chi connectivity index (χ1n) is 26.4. The van der Waals surface area contributed by atoms with Gasteiger partial charge in [-0.1, -0.05) is 91.8 Å². The first kappa shape index (κ1) is 60.2. The van der Waals surface area contributed by atoms with Crippen molar-refractivity contribution < 1.29 is 88.3 Å². The Labute approximate surface area is 426 Å². The van der Waals surface area contributed by atoms with Crippen LogP contribution in [0.1, 0.15) is 122 Å². The Kier molecular flexibility index (Phi) is 21.7. The number of carbonyl (C=O) groups is 2. The number of allylic oxidation sites excluding steroid dienone is 4. The van der Waals surface area contributed by atoms with Crippen molar-refractivity contribution in [1.82, 2.24) is 0 Å². The maximum absolute atomic E-state index is 13.5. The van der Waals surface area contributed by atoms with Gasteiger partial charge < -0.3 is 78.7 Å². The van der Waals surface area contributed by atoms with E-state index in [9.17, 15) is 50.4 Å². The largest absolute Gasteiger partial charge is 0.458 e. The summed E-state index contributed by atoms with van der Waals surface area (Å²) in [6, 6.07) is 0. The Morgan fingerprint density at radius 1 is 0.583 bits per heavy atom. The van der Waals surface area contributed by atoms with Crippen LogP contribution >= 0.6 is 0 Å². The summed E-state index contributed by atoms with van der Waals surface area (Å²) >= 11 is 0. The van der Waals surface area contributed by atoms with Gasteiger partial charge in [-0.2, -0.15) is 0 Å². The molecule has 26 atom stereocenters. The molecule has 5 heterocycles. The summed E-state index contributed by atoms with van der Waals surface area (Å²) in [5.41, 5.74) is 0. The SMILES string of the molecule is CC[C@@H]1[C@@H](C)O[C@@](O)([C@@H](C)[C@H](O)[C@H](C)[C@H]2OC(=O)/C=C/C=C/[C@H](C)[C@@H]([C@@H](C)[C@@H](O)[C@H](C)[C@@]3(O)C[C@@H](O[C@H]4C[C@@H](O)[C@H](O)[C@H](C)O4)[C@H](CC)[C@@H](C)O3)OC(=O)/C=C/C=C\[C@H]2C)C[C@H]1O[C@H]1C[C@@H](O)[C@H](O)[C@H](C)O1. The zero-order valence-corrected chi connectivity index (χ0v) is 44.4. The number of ether oxygens (including phenoxy) is 8. The van der Waals surface area contributed by atoms with Crippen LogP contribution < -0.4 is 0 Å². The number of hydrogen-bond donors (Lipinski definition) is 8. The van der Waals surface area contributed by atoms with Crippen molar-refractivity contribution in [2.45, 2.75) is 231 Å². The number of carbonyl (C=O) groups excluding carboxylic acids is 2. The molecule has 0 radical (unpaired) electrons. The molecule has 0 aromatic carbocycles. The molecule has 0 saturated carbocycles. The van der Waals surface area contributed by atoms with E-state index in [-0.39, 0.29) is 37.5 Å². The minimum Gasteiger partial charge on any atom is -0.458 e. The zero-order valence-electron chi connectivity index (χ0n) is 44.4. The number of aliphatic hydroxyl groups excluding tert-OH is 6. The van der Waals surface area contributed by atoms with Crippen LogP contribution in [0.4, 0.5) is 0 Å². The fourth-order valence-electron chi connectivity index (χ4n) is 11.6. The smallest absolute Gasteiger partial charge is 0.331 e. The molecule has 5 aliphatic rings. The second kappa shape index (κ2) is 25.9. The molecular weight excluding hydrogens is 937 g/mol. The molecule has 18 nitrogen and oxygen atoms in total. The molecule has 4 fully saturated rings.